The highest BCUT2D eigenvalue weighted by Gasteiger charge is 2.05. The molecule has 0 spiro atoms. The van der Waals surface area contributed by atoms with Crippen LogP contribution in [0.2, 0.25) is 0 Å². The molecule has 2 aromatic heterocycles. The number of aromatic nitrogens is 1. The van der Waals surface area contributed by atoms with Crippen LogP contribution in [0.5, 0.6) is 0 Å². The Morgan fingerprint density at radius 1 is 1.26 bits per heavy atom. The molecule has 0 fully saturated rings. The molecule has 0 aliphatic rings. The number of hydrogen-bond donors (Lipinski definition) is 2. The van der Waals surface area contributed by atoms with Crippen LogP contribution in [0, 0.1) is 5.92 Å². The predicted octanol–water partition coefficient (Wildman–Crippen LogP) is 3.60. The van der Waals surface area contributed by atoms with Gasteiger partial charge in [-0.3, -0.25) is 4.99 Å². The van der Waals surface area contributed by atoms with Crippen molar-refractivity contribution in [3.8, 4) is 0 Å². The summed E-state index contributed by atoms with van der Waals surface area (Å²) in [5.74, 6) is 1.46. The normalized spacial score (nSPS) is 12.5. The smallest absolute Gasteiger partial charge is 0.191 e. The molecular formula is C17H27IN4S. The molecule has 2 N–H and O–H groups in total. The molecule has 0 radical (unpaired) electrons. The van der Waals surface area contributed by atoms with E-state index >= 15 is 0 Å². The van der Waals surface area contributed by atoms with Crippen molar-refractivity contribution < 1.29 is 0 Å². The number of thiophene rings is 1. The molecule has 1 atom stereocenters. The third-order valence-corrected chi connectivity index (χ3v) is 4.26. The Bertz CT molecular complexity index is 537. The van der Waals surface area contributed by atoms with Crippen molar-refractivity contribution >= 4 is 41.3 Å². The molecule has 2 heterocycles. The Morgan fingerprint density at radius 3 is 2.70 bits per heavy atom. The lowest BCUT2D eigenvalue weighted by Gasteiger charge is -2.13. The number of hydrogen-bond acceptors (Lipinski definition) is 2. The molecule has 128 valence electrons. The van der Waals surface area contributed by atoms with Crippen LogP contribution in [0.3, 0.4) is 0 Å². The molecule has 0 saturated carbocycles. The quantitative estimate of drug-likeness (QED) is 0.370. The van der Waals surface area contributed by atoms with Gasteiger partial charge in [0.25, 0.3) is 0 Å². The van der Waals surface area contributed by atoms with Gasteiger partial charge in [-0.25, -0.2) is 0 Å². The molecule has 0 aliphatic carbocycles. The zero-order valence-corrected chi connectivity index (χ0v) is 17.0. The summed E-state index contributed by atoms with van der Waals surface area (Å²) in [4.78, 5) is 6.14. The first-order valence-corrected chi connectivity index (χ1v) is 8.81. The van der Waals surface area contributed by atoms with Gasteiger partial charge >= 0.3 is 0 Å². The first kappa shape index (κ1) is 20.0. The van der Waals surface area contributed by atoms with E-state index in [-0.39, 0.29) is 24.0 Å². The van der Waals surface area contributed by atoms with Crippen molar-refractivity contribution in [3.05, 3.63) is 46.9 Å². The van der Waals surface area contributed by atoms with E-state index in [1.165, 1.54) is 4.88 Å². The summed E-state index contributed by atoms with van der Waals surface area (Å²) in [6, 6.07) is 8.41. The topological polar surface area (TPSA) is 41.4 Å². The predicted molar refractivity (Wildman–Crippen MR) is 111 cm³/mol. The largest absolute Gasteiger partial charge is 0.357 e. The maximum atomic E-state index is 4.70. The van der Waals surface area contributed by atoms with E-state index in [2.05, 4.69) is 59.0 Å². The standard InChI is InChI=1S/C17H26N4S.HI/c1-3-18-17(19-8-11-21-9-4-5-10-21)20-14-15(2)13-16-7-6-12-22-16;/h4-7,9-10,12,15H,3,8,11,13-14H2,1-2H3,(H2,18,19,20);1H. The average Bonchev–Trinajstić information content (AvgIpc) is 3.18. The Balaban J connectivity index is 0.00000264. The molecule has 23 heavy (non-hydrogen) atoms. The first-order chi connectivity index (χ1) is 10.8. The Labute approximate surface area is 160 Å². The van der Waals surface area contributed by atoms with Gasteiger partial charge in [0.15, 0.2) is 5.96 Å². The van der Waals surface area contributed by atoms with Crippen LogP contribution in [0.25, 0.3) is 0 Å². The summed E-state index contributed by atoms with van der Waals surface area (Å²) < 4.78 is 2.16. The molecule has 0 bridgehead atoms. The highest BCUT2D eigenvalue weighted by molar-refractivity contribution is 14.0. The van der Waals surface area contributed by atoms with Gasteiger partial charge in [0.2, 0.25) is 0 Å². The first-order valence-electron chi connectivity index (χ1n) is 7.93. The lowest BCUT2D eigenvalue weighted by Crippen LogP contribution is -2.39. The number of rotatable bonds is 8. The number of halogens is 1. The number of nitrogens with zero attached hydrogens (tertiary/aromatic N) is 2. The summed E-state index contributed by atoms with van der Waals surface area (Å²) in [5.41, 5.74) is 0. The summed E-state index contributed by atoms with van der Waals surface area (Å²) >= 11 is 1.83. The molecule has 0 amide bonds. The van der Waals surface area contributed by atoms with Crippen LogP contribution in [0.1, 0.15) is 18.7 Å². The molecule has 0 aromatic carbocycles. The van der Waals surface area contributed by atoms with Crippen LogP contribution in [0.15, 0.2) is 47.0 Å². The lowest BCUT2D eigenvalue weighted by atomic mass is 10.1. The zero-order valence-electron chi connectivity index (χ0n) is 13.9. The average molecular weight is 446 g/mol. The minimum absolute atomic E-state index is 0. The Morgan fingerprint density at radius 2 is 2.04 bits per heavy atom. The van der Waals surface area contributed by atoms with Crippen molar-refractivity contribution in [2.24, 2.45) is 10.9 Å². The van der Waals surface area contributed by atoms with Crippen molar-refractivity contribution in [3.63, 3.8) is 0 Å². The van der Waals surface area contributed by atoms with E-state index in [9.17, 15) is 0 Å². The van der Waals surface area contributed by atoms with Gasteiger partial charge in [-0.05, 0) is 42.8 Å². The molecular weight excluding hydrogens is 419 g/mol. The maximum Gasteiger partial charge on any atom is 0.191 e. The number of guanidine groups is 1. The van der Waals surface area contributed by atoms with Crippen LogP contribution < -0.4 is 10.6 Å². The highest BCUT2D eigenvalue weighted by atomic mass is 127. The molecule has 2 rings (SSSR count). The second-order valence-electron chi connectivity index (χ2n) is 5.46. The van der Waals surface area contributed by atoms with Gasteiger partial charge in [0.05, 0.1) is 0 Å². The van der Waals surface area contributed by atoms with Gasteiger partial charge in [-0.15, -0.1) is 35.3 Å². The minimum atomic E-state index is 0. The third-order valence-electron chi connectivity index (χ3n) is 3.36. The third kappa shape index (κ3) is 7.87. The van der Waals surface area contributed by atoms with Crippen molar-refractivity contribution in [2.45, 2.75) is 26.8 Å². The molecule has 0 saturated heterocycles. The molecule has 4 nitrogen and oxygen atoms in total. The summed E-state index contributed by atoms with van der Waals surface area (Å²) in [7, 11) is 0. The van der Waals surface area contributed by atoms with Gasteiger partial charge in [0, 0.05) is 43.4 Å². The monoisotopic (exact) mass is 446 g/mol. The van der Waals surface area contributed by atoms with E-state index in [0.29, 0.717) is 5.92 Å². The Kier molecular flexibility index (Phi) is 10.0. The fourth-order valence-corrected chi connectivity index (χ4v) is 3.12. The van der Waals surface area contributed by atoms with Gasteiger partial charge in [-0.1, -0.05) is 13.0 Å². The van der Waals surface area contributed by atoms with E-state index in [0.717, 1.165) is 38.6 Å². The van der Waals surface area contributed by atoms with Crippen molar-refractivity contribution in [2.75, 3.05) is 19.6 Å². The van der Waals surface area contributed by atoms with Crippen LogP contribution in [0.4, 0.5) is 0 Å². The number of aliphatic imine (C=N–C) groups is 1. The fraction of sp³-hybridized carbons (Fsp3) is 0.471. The minimum Gasteiger partial charge on any atom is -0.357 e. The zero-order chi connectivity index (χ0) is 15.6. The van der Waals surface area contributed by atoms with Crippen molar-refractivity contribution in [1.82, 2.24) is 15.2 Å². The SMILES string of the molecule is CCNC(=NCC(C)Cc1cccs1)NCCn1cccc1.I. The van der Waals surface area contributed by atoms with E-state index in [1.807, 2.05) is 23.5 Å². The fourth-order valence-electron chi connectivity index (χ4n) is 2.25. The Hall–Kier alpha value is -1.02. The number of nitrogens with one attached hydrogen (secondary N) is 2. The molecule has 2 aromatic rings. The van der Waals surface area contributed by atoms with E-state index in [1.54, 1.807) is 0 Å². The molecule has 1 unspecified atom stereocenters. The summed E-state index contributed by atoms with van der Waals surface area (Å²) in [6.45, 7) is 7.90. The van der Waals surface area contributed by atoms with Crippen LogP contribution in [-0.2, 0) is 13.0 Å². The second kappa shape index (κ2) is 11.5. The van der Waals surface area contributed by atoms with Gasteiger partial charge < -0.3 is 15.2 Å². The van der Waals surface area contributed by atoms with Crippen LogP contribution in [-0.4, -0.2) is 30.2 Å². The maximum absolute atomic E-state index is 4.70. The van der Waals surface area contributed by atoms with E-state index in [4.69, 9.17) is 4.99 Å². The van der Waals surface area contributed by atoms with E-state index < -0.39 is 0 Å². The molecule has 6 heteroatoms. The summed E-state index contributed by atoms with van der Waals surface area (Å²) in [6.07, 6.45) is 5.26. The van der Waals surface area contributed by atoms with Crippen LogP contribution >= 0.6 is 35.3 Å². The molecule has 0 aliphatic heterocycles. The lowest BCUT2D eigenvalue weighted by molar-refractivity contribution is 0.592. The second-order valence-corrected chi connectivity index (χ2v) is 6.49. The highest BCUT2D eigenvalue weighted by Crippen LogP contribution is 2.14. The van der Waals surface area contributed by atoms with Crippen molar-refractivity contribution in [1.29, 1.82) is 0 Å². The van der Waals surface area contributed by atoms with Gasteiger partial charge in [-0.2, -0.15) is 0 Å². The van der Waals surface area contributed by atoms with Gasteiger partial charge in [0.1, 0.15) is 0 Å². The summed E-state index contributed by atoms with van der Waals surface area (Å²) in [5, 5.41) is 8.84.